The fourth-order valence-electron chi connectivity index (χ4n) is 1.62. The summed E-state index contributed by atoms with van der Waals surface area (Å²) in [6.07, 6.45) is 1.23. The second-order valence-electron chi connectivity index (χ2n) is 4.37. The van der Waals surface area contributed by atoms with E-state index < -0.39 is 6.04 Å². The fourth-order valence-corrected chi connectivity index (χ4v) is 1.62. The van der Waals surface area contributed by atoms with E-state index in [1.807, 2.05) is 50.2 Å². The van der Waals surface area contributed by atoms with Gasteiger partial charge in [0.15, 0.2) is 0 Å². The maximum absolute atomic E-state index is 11.5. The number of nitriles is 1. The van der Waals surface area contributed by atoms with Gasteiger partial charge in [0.2, 0.25) is 5.91 Å². The first-order valence-corrected chi connectivity index (χ1v) is 6.04. The molecule has 1 rings (SSSR count). The minimum absolute atomic E-state index is 0.0827. The zero-order valence-corrected chi connectivity index (χ0v) is 11.1. The molecule has 0 fully saturated rings. The van der Waals surface area contributed by atoms with Gasteiger partial charge in [-0.2, -0.15) is 5.26 Å². The number of nitrogens with zero attached hydrogens (tertiary/aromatic N) is 2. The maximum atomic E-state index is 11.5. The van der Waals surface area contributed by atoms with Crippen LogP contribution in [0.4, 0.5) is 5.69 Å². The lowest BCUT2D eigenvalue weighted by Gasteiger charge is -2.15. The van der Waals surface area contributed by atoms with Crippen molar-refractivity contribution in [3.05, 3.63) is 29.8 Å². The van der Waals surface area contributed by atoms with E-state index >= 15 is 0 Å². The van der Waals surface area contributed by atoms with Crippen LogP contribution in [0.1, 0.15) is 31.4 Å². The van der Waals surface area contributed by atoms with Gasteiger partial charge in [-0.05, 0) is 24.1 Å². The van der Waals surface area contributed by atoms with Gasteiger partial charge in [-0.25, -0.2) is 0 Å². The normalized spacial score (nSPS) is 11.4. The van der Waals surface area contributed by atoms with Gasteiger partial charge < -0.3 is 10.2 Å². The standard InChI is InChI=1S/C14H19N3O/c1-4-5-14(18)16-13(10-15)11-6-8-12(9-7-11)17(2)3/h6-9,13H,4-5H2,1-3H3,(H,16,18). The van der Waals surface area contributed by atoms with Gasteiger partial charge in [0.25, 0.3) is 0 Å². The van der Waals surface area contributed by atoms with E-state index in [0.717, 1.165) is 17.7 Å². The van der Waals surface area contributed by atoms with Crippen LogP contribution in [0.15, 0.2) is 24.3 Å². The second-order valence-corrected chi connectivity index (χ2v) is 4.37. The Hall–Kier alpha value is -2.02. The number of anilines is 1. The van der Waals surface area contributed by atoms with Crippen LogP contribution in [0.25, 0.3) is 0 Å². The van der Waals surface area contributed by atoms with Gasteiger partial charge in [-0.15, -0.1) is 0 Å². The van der Waals surface area contributed by atoms with Crippen LogP contribution in [0.3, 0.4) is 0 Å². The molecule has 0 spiro atoms. The molecule has 1 aromatic carbocycles. The summed E-state index contributed by atoms with van der Waals surface area (Å²) in [4.78, 5) is 13.5. The van der Waals surface area contributed by atoms with Crippen molar-refractivity contribution in [2.45, 2.75) is 25.8 Å². The number of amides is 1. The van der Waals surface area contributed by atoms with Crippen LogP contribution < -0.4 is 10.2 Å². The van der Waals surface area contributed by atoms with Crippen molar-refractivity contribution in [1.82, 2.24) is 5.32 Å². The first-order chi connectivity index (χ1) is 8.58. The first-order valence-electron chi connectivity index (χ1n) is 6.04. The van der Waals surface area contributed by atoms with E-state index in [1.165, 1.54) is 0 Å². The van der Waals surface area contributed by atoms with E-state index in [-0.39, 0.29) is 5.91 Å². The molecule has 0 radical (unpaired) electrons. The summed E-state index contributed by atoms with van der Waals surface area (Å²) in [5.41, 5.74) is 1.88. The third-order valence-electron chi connectivity index (χ3n) is 2.65. The van der Waals surface area contributed by atoms with E-state index in [4.69, 9.17) is 5.26 Å². The quantitative estimate of drug-likeness (QED) is 0.865. The van der Waals surface area contributed by atoms with Crippen LogP contribution in [0.2, 0.25) is 0 Å². The largest absolute Gasteiger partial charge is 0.378 e. The molecule has 0 bridgehead atoms. The van der Waals surface area contributed by atoms with Crippen LogP contribution in [-0.4, -0.2) is 20.0 Å². The molecule has 0 saturated carbocycles. The van der Waals surface area contributed by atoms with Crippen molar-refractivity contribution in [3.63, 3.8) is 0 Å². The summed E-state index contributed by atoms with van der Waals surface area (Å²) in [7, 11) is 3.92. The fraction of sp³-hybridized carbons (Fsp3) is 0.429. The number of carbonyl (C=O) groups excluding carboxylic acids is 1. The molecular weight excluding hydrogens is 226 g/mol. The molecule has 0 saturated heterocycles. The van der Waals surface area contributed by atoms with Gasteiger partial charge in [0.05, 0.1) is 6.07 Å². The Morgan fingerprint density at radius 3 is 2.44 bits per heavy atom. The Morgan fingerprint density at radius 2 is 2.00 bits per heavy atom. The van der Waals surface area contributed by atoms with E-state index in [0.29, 0.717) is 6.42 Å². The summed E-state index contributed by atoms with van der Waals surface area (Å²) in [5, 5.41) is 11.8. The average Bonchev–Trinajstić information content (AvgIpc) is 2.36. The van der Waals surface area contributed by atoms with Crippen molar-refractivity contribution in [1.29, 1.82) is 5.26 Å². The molecular formula is C14H19N3O. The average molecular weight is 245 g/mol. The Balaban J connectivity index is 2.77. The van der Waals surface area contributed by atoms with Crippen molar-refractivity contribution in [2.75, 3.05) is 19.0 Å². The zero-order valence-electron chi connectivity index (χ0n) is 11.1. The number of hydrogen-bond donors (Lipinski definition) is 1. The van der Waals surface area contributed by atoms with Crippen molar-refractivity contribution in [2.24, 2.45) is 0 Å². The lowest BCUT2D eigenvalue weighted by Crippen LogP contribution is -2.27. The van der Waals surface area contributed by atoms with Gasteiger partial charge >= 0.3 is 0 Å². The van der Waals surface area contributed by atoms with E-state index in [2.05, 4.69) is 11.4 Å². The van der Waals surface area contributed by atoms with E-state index in [1.54, 1.807) is 0 Å². The molecule has 0 heterocycles. The lowest BCUT2D eigenvalue weighted by molar-refractivity contribution is -0.121. The highest BCUT2D eigenvalue weighted by molar-refractivity contribution is 5.76. The number of nitrogens with one attached hydrogen (secondary N) is 1. The highest BCUT2D eigenvalue weighted by Crippen LogP contribution is 2.17. The van der Waals surface area contributed by atoms with Gasteiger partial charge in [-0.1, -0.05) is 19.1 Å². The van der Waals surface area contributed by atoms with Gasteiger partial charge in [0, 0.05) is 26.2 Å². The number of carbonyl (C=O) groups is 1. The smallest absolute Gasteiger partial charge is 0.221 e. The highest BCUT2D eigenvalue weighted by atomic mass is 16.1. The molecule has 0 aliphatic carbocycles. The molecule has 4 heteroatoms. The second kappa shape index (κ2) is 6.65. The summed E-state index contributed by atoms with van der Waals surface area (Å²) in [5.74, 6) is -0.0827. The van der Waals surface area contributed by atoms with Crippen LogP contribution in [0, 0.1) is 11.3 Å². The minimum atomic E-state index is -0.569. The number of rotatable bonds is 5. The van der Waals surface area contributed by atoms with Crippen molar-refractivity contribution in [3.8, 4) is 6.07 Å². The SMILES string of the molecule is CCCC(=O)NC(C#N)c1ccc(N(C)C)cc1. The number of hydrogen-bond acceptors (Lipinski definition) is 3. The summed E-state index contributed by atoms with van der Waals surface area (Å²) >= 11 is 0. The zero-order chi connectivity index (χ0) is 13.5. The molecule has 0 aliphatic heterocycles. The van der Waals surface area contributed by atoms with Crippen molar-refractivity contribution >= 4 is 11.6 Å². The third kappa shape index (κ3) is 3.77. The Kier molecular flexibility index (Phi) is 5.19. The van der Waals surface area contributed by atoms with Crippen molar-refractivity contribution < 1.29 is 4.79 Å². The summed E-state index contributed by atoms with van der Waals surface area (Å²) < 4.78 is 0. The summed E-state index contributed by atoms with van der Waals surface area (Å²) in [6, 6.07) is 9.15. The molecule has 96 valence electrons. The number of benzene rings is 1. The molecule has 1 N–H and O–H groups in total. The predicted octanol–water partition coefficient (Wildman–Crippen LogP) is 2.23. The van der Waals surface area contributed by atoms with E-state index in [9.17, 15) is 4.79 Å². The molecule has 0 aromatic heterocycles. The van der Waals surface area contributed by atoms with Gasteiger partial charge in [0.1, 0.15) is 6.04 Å². The molecule has 1 aromatic rings. The van der Waals surface area contributed by atoms with Crippen LogP contribution in [-0.2, 0) is 4.79 Å². The molecule has 1 atom stereocenters. The van der Waals surface area contributed by atoms with Crippen LogP contribution in [0.5, 0.6) is 0 Å². The molecule has 1 amide bonds. The summed E-state index contributed by atoms with van der Waals surface area (Å²) in [6.45, 7) is 1.94. The van der Waals surface area contributed by atoms with Crippen LogP contribution >= 0.6 is 0 Å². The minimum Gasteiger partial charge on any atom is -0.378 e. The Morgan fingerprint density at radius 1 is 1.39 bits per heavy atom. The Labute approximate surface area is 108 Å². The predicted molar refractivity (Wildman–Crippen MR) is 72.2 cm³/mol. The molecule has 1 unspecified atom stereocenters. The highest BCUT2D eigenvalue weighted by Gasteiger charge is 2.13. The topological polar surface area (TPSA) is 56.1 Å². The lowest BCUT2D eigenvalue weighted by atomic mass is 10.1. The molecule has 4 nitrogen and oxygen atoms in total. The maximum Gasteiger partial charge on any atom is 0.221 e. The first kappa shape index (κ1) is 14.0. The monoisotopic (exact) mass is 245 g/mol. The molecule has 0 aliphatic rings. The Bertz CT molecular complexity index is 431. The molecule has 18 heavy (non-hydrogen) atoms. The third-order valence-corrected chi connectivity index (χ3v) is 2.65. The van der Waals surface area contributed by atoms with Gasteiger partial charge in [-0.3, -0.25) is 4.79 Å².